The van der Waals surface area contributed by atoms with Gasteiger partial charge in [-0.25, -0.2) is 9.97 Å². The molecule has 1 saturated heterocycles. The van der Waals surface area contributed by atoms with Crippen molar-refractivity contribution in [2.24, 2.45) is 0 Å². The number of aromatic nitrogens is 4. The van der Waals surface area contributed by atoms with Crippen LogP contribution in [-0.2, 0) is 5.60 Å². The van der Waals surface area contributed by atoms with Gasteiger partial charge in [-0.15, -0.1) is 5.92 Å². The van der Waals surface area contributed by atoms with Crippen molar-refractivity contribution >= 4 is 5.82 Å². The lowest BCUT2D eigenvalue weighted by Gasteiger charge is -2.30. The summed E-state index contributed by atoms with van der Waals surface area (Å²) in [6.07, 6.45) is 11.8. The molecule has 3 heterocycles. The highest BCUT2D eigenvalue weighted by molar-refractivity contribution is 5.67. The second-order valence-electron chi connectivity index (χ2n) is 10.7. The normalized spacial score (nSPS) is 15.9. The summed E-state index contributed by atoms with van der Waals surface area (Å²) >= 11 is 0. The van der Waals surface area contributed by atoms with Crippen molar-refractivity contribution in [2.75, 3.05) is 25.9 Å². The molecule has 0 radical (unpaired) electrons. The van der Waals surface area contributed by atoms with E-state index in [2.05, 4.69) is 40.8 Å². The van der Waals surface area contributed by atoms with Gasteiger partial charge in [0.1, 0.15) is 0 Å². The van der Waals surface area contributed by atoms with E-state index in [1.807, 2.05) is 43.8 Å². The molecule has 1 aliphatic heterocycles. The number of benzene rings is 1. The molecule has 39 heavy (non-hydrogen) atoms. The molecular formula is C31H42N6O2. The van der Waals surface area contributed by atoms with Crippen molar-refractivity contribution in [1.82, 2.24) is 24.6 Å². The predicted molar refractivity (Wildman–Crippen MR) is 156 cm³/mol. The second kappa shape index (κ2) is 12.6. The molecule has 3 aromatic rings. The Morgan fingerprint density at radius 1 is 1.18 bits per heavy atom. The zero-order chi connectivity index (χ0) is 28.0. The molecule has 0 bridgehead atoms. The summed E-state index contributed by atoms with van der Waals surface area (Å²) in [6.45, 7) is 10.1. The Bertz CT molecular complexity index is 1330. The van der Waals surface area contributed by atoms with E-state index in [4.69, 9.17) is 15.5 Å². The fraction of sp³-hybridized carbons (Fsp3) is 0.516. The minimum atomic E-state index is -0.974. The van der Waals surface area contributed by atoms with Crippen molar-refractivity contribution < 1.29 is 9.84 Å². The standard InChI is InChI=1S/C31H42N6O2/c1-6-9-10-14-31(38,8-3)27-18-23(17-22(4)26(27)11-7-2)28-20-33-29(32)30(35-28)39-25-19-34-37(21-25)24-12-15-36(5)16-13-24/h17-21,24,38H,6,8-10,12-16H2,1-5H3,(H2,32,33). The smallest absolute Gasteiger partial charge is 0.263 e. The number of piperidine rings is 1. The third-order valence-corrected chi connectivity index (χ3v) is 7.78. The fourth-order valence-electron chi connectivity index (χ4n) is 5.30. The van der Waals surface area contributed by atoms with Crippen LogP contribution in [0.25, 0.3) is 11.3 Å². The molecule has 1 atom stereocenters. The molecule has 1 fully saturated rings. The molecule has 1 aliphatic rings. The molecule has 0 amide bonds. The largest absolute Gasteiger partial charge is 0.433 e. The maximum atomic E-state index is 11.8. The van der Waals surface area contributed by atoms with Crippen LogP contribution >= 0.6 is 0 Å². The molecule has 4 rings (SSSR count). The zero-order valence-electron chi connectivity index (χ0n) is 24.0. The lowest BCUT2D eigenvalue weighted by molar-refractivity contribution is 0.0205. The number of anilines is 1. The number of nitrogen functional groups attached to an aromatic ring is 1. The monoisotopic (exact) mass is 530 g/mol. The first-order chi connectivity index (χ1) is 18.8. The Balaban J connectivity index is 1.65. The third kappa shape index (κ3) is 6.60. The van der Waals surface area contributed by atoms with Crippen molar-refractivity contribution in [3.8, 4) is 34.7 Å². The topological polar surface area (TPSA) is 102 Å². The number of hydrogen-bond acceptors (Lipinski definition) is 7. The number of likely N-dealkylation sites (tertiary alicyclic amines) is 1. The number of ether oxygens (including phenoxy) is 1. The van der Waals surface area contributed by atoms with Crippen molar-refractivity contribution in [1.29, 1.82) is 0 Å². The van der Waals surface area contributed by atoms with Gasteiger partial charge in [-0.05, 0) is 77.4 Å². The van der Waals surface area contributed by atoms with Crippen LogP contribution < -0.4 is 10.5 Å². The van der Waals surface area contributed by atoms with E-state index >= 15 is 0 Å². The molecule has 0 aliphatic carbocycles. The molecule has 3 N–H and O–H groups in total. The van der Waals surface area contributed by atoms with E-state index in [0.29, 0.717) is 30.3 Å². The molecule has 1 unspecified atom stereocenters. The second-order valence-corrected chi connectivity index (χ2v) is 10.7. The number of aliphatic hydroxyl groups is 1. The van der Waals surface area contributed by atoms with Crippen LogP contribution in [0.4, 0.5) is 5.82 Å². The van der Waals surface area contributed by atoms with Crippen LogP contribution in [0.3, 0.4) is 0 Å². The van der Waals surface area contributed by atoms with Crippen molar-refractivity contribution in [3.05, 3.63) is 47.4 Å². The van der Waals surface area contributed by atoms with Crippen LogP contribution in [0, 0.1) is 18.8 Å². The third-order valence-electron chi connectivity index (χ3n) is 7.78. The summed E-state index contributed by atoms with van der Waals surface area (Å²) in [5.74, 6) is 7.28. The summed E-state index contributed by atoms with van der Waals surface area (Å²) in [4.78, 5) is 11.5. The first-order valence-corrected chi connectivity index (χ1v) is 14.1. The number of nitrogens with two attached hydrogens (primary N) is 1. The van der Waals surface area contributed by atoms with E-state index in [1.54, 1.807) is 12.4 Å². The van der Waals surface area contributed by atoms with Gasteiger partial charge in [-0.3, -0.25) is 4.68 Å². The summed E-state index contributed by atoms with van der Waals surface area (Å²) in [6, 6.07) is 4.39. The predicted octanol–water partition coefficient (Wildman–Crippen LogP) is 5.84. The van der Waals surface area contributed by atoms with Gasteiger partial charge in [0.25, 0.3) is 5.88 Å². The van der Waals surface area contributed by atoms with E-state index in [-0.39, 0.29) is 11.7 Å². The van der Waals surface area contributed by atoms with Crippen molar-refractivity contribution in [3.63, 3.8) is 0 Å². The van der Waals surface area contributed by atoms with Crippen LogP contribution in [0.5, 0.6) is 11.6 Å². The van der Waals surface area contributed by atoms with Gasteiger partial charge in [0, 0.05) is 16.7 Å². The lowest BCUT2D eigenvalue weighted by Crippen LogP contribution is -2.31. The van der Waals surface area contributed by atoms with Crippen molar-refractivity contribution in [2.45, 2.75) is 84.3 Å². The summed E-state index contributed by atoms with van der Waals surface area (Å²) in [7, 11) is 2.15. The Morgan fingerprint density at radius 3 is 2.64 bits per heavy atom. The first kappa shape index (κ1) is 28.6. The Labute approximate surface area is 232 Å². The van der Waals surface area contributed by atoms with Gasteiger partial charge in [0.15, 0.2) is 11.6 Å². The number of rotatable bonds is 10. The maximum absolute atomic E-state index is 11.8. The molecule has 0 saturated carbocycles. The van der Waals surface area contributed by atoms with Gasteiger partial charge < -0.3 is 20.5 Å². The van der Waals surface area contributed by atoms with Gasteiger partial charge in [0.05, 0.1) is 35.9 Å². The Kier molecular flexibility index (Phi) is 9.26. The molecule has 2 aromatic heterocycles. The highest BCUT2D eigenvalue weighted by atomic mass is 16.5. The Hall–Kier alpha value is -3.41. The summed E-state index contributed by atoms with van der Waals surface area (Å²) in [5.41, 5.74) is 9.36. The highest BCUT2D eigenvalue weighted by Gasteiger charge is 2.30. The molecular weight excluding hydrogens is 488 g/mol. The van der Waals surface area contributed by atoms with E-state index in [9.17, 15) is 5.11 Å². The first-order valence-electron chi connectivity index (χ1n) is 14.1. The summed E-state index contributed by atoms with van der Waals surface area (Å²) in [5, 5.41) is 16.3. The lowest BCUT2D eigenvalue weighted by atomic mass is 9.81. The molecule has 8 heteroatoms. The van der Waals surface area contributed by atoms with E-state index in [0.717, 1.165) is 67.4 Å². The van der Waals surface area contributed by atoms with Crippen LogP contribution in [0.15, 0.2) is 30.7 Å². The van der Waals surface area contributed by atoms with Gasteiger partial charge >= 0.3 is 0 Å². The number of aryl methyl sites for hydroxylation is 1. The molecule has 0 spiro atoms. The molecule has 208 valence electrons. The van der Waals surface area contributed by atoms with Crippen LogP contribution in [0.2, 0.25) is 0 Å². The molecule has 8 nitrogen and oxygen atoms in total. The zero-order valence-corrected chi connectivity index (χ0v) is 24.0. The van der Waals surface area contributed by atoms with Crippen LogP contribution in [-0.4, -0.2) is 49.9 Å². The molecule has 1 aromatic carbocycles. The highest BCUT2D eigenvalue weighted by Crippen LogP contribution is 2.38. The number of unbranched alkanes of at least 4 members (excludes halogenated alkanes) is 2. The minimum Gasteiger partial charge on any atom is -0.433 e. The van der Waals surface area contributed by atoms with E-state index in [1.165, 1.54) is 0 Å². The fourth-order valence-corrected chi connectivity index (χ4v) is 5.30. The van der Waals surface area contributed by atoms with Crippen LogP contribution in [0.1, 0.15) is 88.4 Å². The Morgan fingerprint density at radius 2 is 1.95 bits per heavy atom. The minimum absolute atomic E-state index is 0.209. The average Bonchev–Trinajstić information content (AvgIpc) is 3.40. The van der Waals surface area contributed by atoms with Gasteiger partial charge in [-0.1, -0.05) is 39.0 Å². The van der Waals surface area contributed by atoms with Gasteiger partial charge in [0.2, 0.25) is 0 Å². The van der Waals surface area contributed by atoms with Gasteiger partial charge in [-0.2, -0.15) is 5.10 Å². The van der Waals surface area contributed by atoms with E-state index < -0.39 is 5.60 Å². The number of nitrogens with zero attached hydrogens (tertiary/aromatic N) is 5. The summed E-state index contributed by atoms with van der Waals surface area (Å²) < 4.78 is 8.05. The average molecular weight is 531 g/mol. The number of hydrogen-bond donors (Lipinski definition) is 2. The SMILES string of the molecule is CC#Cc1c(C)cc(-c2cnc(N)c(Oc3cnn(C4CCN(C)CC4)c3)n2)cc1C(O)(CC)CCCCC. The maximum Gasteiger partial charge on any atom is 0.263 e. The quantitative estimate of drug-likeness (QED) is 0.251.